The summed E-state index contributed by atoms with van der Waals surface area (Å²) in [5.41, 5.74) is 10.2. The van der Waals surface area contributed by atoms with Crippen molar-refractivity contribution in [3.63, 3.8) is 0 Å². The molecule has 0 bridgehead atoms. The second-order valence-corrected chi connectivity index (χ2v) is 5.01. The van der Waals surface area contributed by atoms with Crippen LogP contribution in [-0.2, 0) is 14.4 Å². The summed E-state index contributed by atoms with van der Waals surface area (Å²) in [6.07, 6.45) is 0.735. The van der Waals surface area contributed by atoms with E-state index in [1.54, 1.807) is 0 Å². The number of carboxylic acid groups (broad SMARTS) is 1. The van der Waals surface area contributed by atoms with E-state index in [1.165, 1.54) is 4.90 Å². The van der Waals surface area contributed by atoms with E-state index in [0.717, 1.165) is 0 Å². The van der Waals surface area contributed by atoms with E-state index in [0.29, 0.717) is 25.9 Å². The summed E-state index contributed by atoms with van der Waals surface area (Å²) in [4.78, 5) is 46.1. The second kappa shape index (κ2) is 7.46. The van der Waals surface area contributed by atoms with Gasteiger partial charge in [0, 0.05) is 25.4 Å². The molecular weight excluding hydrogens is 280 g/mol. The quantitative estimate of drug-likeness (QED) is 0.475. The van der Waals surface area contributed by atoms with Gasteiger partial charge in [-0.15, -0.1) is 0 Å². The van der Waals surface area contributed by atoms with E-state index in [2.05, 4.69) is 5.32 Å². The molecule has 0 aromatic rings. The van der Waals surface area contributed by atoms with Gasteiger partial charge >= 0.3 is 12.0 Å². The van der Waals surface area contributed by atoms with Crippen molar-refractivity contribution in [1.29, 1.82) is 0 Å². The number of carboxylic acids is 1. The molecular formula is C12H20N4O5. The van der Waals surface area contributed by atoms with Gasteiger partial charge in [0.25, 0.3) is 0 Å². The van der Waals surface area contributed by atoms with Crippen molar-refractivity contribution in [3.8, 4) is 0 Å². The number of hydrogen-bond donors (Lipinski definition) is 4. The van der Waals surface area contributed by atoms with Gasteiger partial charge in [0.2, 0.25) is 11.8 Å². The Morgan fingerprint density at radius 3 is 2.19 bits per heavy atom. The van der Waals surface area contributed by atoms with E-state index >= 15 is 0 Å². The van der Waals surface area contributed by atoms with E-state index in [-0.39, 0.29) is 24.7 Å². The number of amides is 4. The standard InChI is InChI=1S/C12H20N4O5/c13-9(17)2-1-8(11(19)20)15-12(21)16-5-3-7(4-6-16)10(14)18/h7-8H,1-6H2,(H2,13,17)(H2,14,18)(H,15,21)(H,19,20). The minimum atomic E-state index is -1.23. The van der Waals surface area contributed by atoms with Crippen LogP contribution < -0.4 is 16.8 Å². The lowest BCUT2D eigenvalue weighted by Crippen LogP contribution is -2.51. The molecule has 21 heavy (non-hydrogen) atoms. The Morgan fingerprint density at radius 2 is 1.76 bits per heavy atom. The lowest BCUT2D eigenvalue weighted by atomic mass is 9.96. The Kier molecular flexibility index (Phi) is 5.94. The Labute approximate surface area is 121 Å². The third-order valence-corrected chi connectivity index (χ3v) is 3.46. The zero-order valence-electron chi connectivity index (χ0n) is 11.6. The second-order valence-electron chi connectivity index (χ2n) is 5.01. The van der Waals surface area contributed by atoms with Crippen LogP contribution in [-0.4, -0.2) is 53.0 Å². The fraction of sp³-hybridized carbons (Fsp3) is 0.667. The molecule has 0 aromatic carbocycles. The zero-order chi connectivity index (χ0) is 16.0. The average molecular weight is 300 g/mol. The highest BCUT2D eigenvalue weighted by atomic mass is 16.4. The molecule has 6 N–H and O–H groups in total. The van der Waals surface area contributed by atoms with Gasteiger partial charge in [-0.1, -0.05) is 0 Å². The normalized spacial score (nSPS) is 17.0. The van der Waals surface area contributed by atoms with Gasteiger partial charge in [-0.2, -0.15) is 0 Å². The van der Waals surface area contributed by atoms with Crippen LogP contribution in [0.15, 0.2) is 0 Å². The molecule has 0 saturated carbocycles. The molecule has 1 heterocycles. The Hall–Kier alpha value is -2.32. The summed E-state index contributed by atoms with van der Waals surface area (Å²) < 4.78 is 0. The number of urea groups is 1. The highest BCUT2D eigenvalue weighted by Crippen LogP contribution is 2.16. The number of carbonyl (C=O) groups is 4. The van der Waals surface area contributed by atoms with Crippen molar-refractivity contribution in [3.05, 3.63) is 0 Å². The molecule has 1 fully saturated rings. The van der Waals surface area contributed by atoms with Gasteiger partial charge in [0.1, 0.15) is 6.04 Å². The van der Waals surface area contributed by atoms with Gasteiger partial charge in [-0.05, 0) is 19.3 Å². The predicted octanol–water partition coefficient (Wildman–Crippen LogP) is -1.39. The van der Waals surface area contributed by atoms with Gasteiger partial charge in [-0.25, -0.2) is 9.59 Å². The summed E-state index contributed by atoms with van der Waals surface area (Å²) >= 11 is 0. The number of primary amides is 2. The molecule has 9 nitrogen and oxygen atoms in total. The molecule has 1 aliphatic rings. The number of rotatable bonds is 6. The number of piperidine rings is 1. The van der Waals surface area contributed by atoms with Crippen LogP contribution in [0.3, 0.4) is 0 Å². The minimum absolute atomic E-state index is 0.0614. The van der Waals surface area contributed by atoms with Crippen LogP contribution in [0.2, 0.25) is 0 Å². The Bertz CT molecular complexity index is 431. The maximum atomic E-state index is 12.0. The van der Waals surface area contributed by atoms with Crippen LogP contribution in [0.5, 0.6) is 0 Å². The molecule has 1 rings (SSSR count). The molecule has 0 aromatic heterocycles. The van der Waals surface area contributed by atoms with Gasteiger partial charge in [-0.3, -0.25) is 9.59 Å². The Balaban J connectivity index is 2.49. The van der Waals surface area contributed by atoms with Crippen LogP contribution in [0.1, 0.15) is 25.7 Å². The number of carbonyl (C=O) groups excluding carboxylic acids is 3. The first-order valence-corrected chi connectivity index (χ1v) is 6.67. The average Bonchev–Trinajstić information content (AvgIpc) is 2.42. The summed E-state index contributed by atoms with van der Waals surface area (Å²) in [5, 5.41) is 11.4. The summed E-state index contributed by atoms with van der Waals surface area (Å²) in [6, 6.07) is -1.70. The minimum Gasteiger partial charge on any atom is -0.480 e. The maximum absolute atomic E-state index is 12.0. The van der Waals surface area contributed by atoms with Crippen LogP contribution in [0, 0.1) is 5.92 Å². The lowest BCUT2D eigenvalue weighted by Gasteiger charge is -2.31. The number of aliphatic carboxylic acids is 1. The molecule has 9 heteroatoms. The largest absolute Gasteiger partial charge is 0.480 e. The highest BCUT2D eigenvalue weighted by Gasteiger charge is 2.28. The highest BCUT2D eigenvalue weighted by molar-refractivity contribution is 5.83. The Morgan fingerprint density at radius 1 is 1.19 bits per heavy atom. The maximum Gasteiger partial charge on any atom is 0.326 e. The molecule has 1 atom stereocenters. The third-order valence-electron chi connectivity index (χ3n) is 3.46. The van der Waals surface area contributed by atoms with Crippen molar-refractivity contribution >= 4 is 23.8 Å². The van der Waals surface area contributed by atoms with Crippen LogP contribution in [0.25, 0.3) is 0 Å². The monoisotopic (exact) mass is 300 g/mol. The molecule has 0 aliphatic carbocycles. The number of likely N-dealkylation sites (tertiary alicyclic amines) is 1. The van der Waals surface area contributed by atoms with Gasteiger partial charge < -0.3 is 26.8 Å². The van der Waals surface area contributed by atoms with Crippen molar-refractivity contribution < 1.29 is 24.3 Å². The summed E-state index contributed by atoms with van der Waals surface area (Å²) in [5.74, 6) is -2.49. The van der Waals surface area contributed by atoms with Crippen LogP contribution >= 0.6 is 0 Å². The number of hydrogen-bond acceptors (Lipinski definition) is 4. The third kappa shape index (κ3) is 5.28. The molecule has 1 unspecified atom stereocenters. The van der Waals surface area contributed by atoms with E-state index in [1.807, 2.05) is 0 Å². The van der Waals surface area contributed by atoms with Crippen molar-refractivity contribution in [2.45, 2.75) is 31.7 Å². The topological polar surface area (TPSA) is 156 Å². The van der Waals surface area contributed by atoms with Crippen molar-refractivity contribution in [2.24, 2.45) is 17.4 Å². The van der Waals surface area contributed by atoms with E-state index < -0.39 is 23.9 Å². The van der Waals surface area contributed by atoms with E-state index in [9.17, 15) is 19.2 Å². The molecule has 0 spiro atoms. The predicted molar refractivity (Wildman–Crippen MR) is 71.9 cm³/mol. The first-order valence-electron chi connectivity index (χ1n) is 6.67. The van der Waals surface area contributed by atoms with Gasteiger partial charge in [0.05, 0.1) is 0 Å². The molecule has 118 valence electrons. The van der Waals surface area contributed by atoms with Crippen molar-refractivity contribution in [2.75, 3.05) is 13.1 Å². The fourth-order valence-corrected chi connectivity index (χ4v) is 2.15. The molecule has 4 amide bonds. The fourth-order valence-electron chi connectivity index (χ4n) is 2.15. The summed E-state index contributed by atoms with van der Waals surface area (Å²) in [6.45, 7) is 0.670. The van der Waals surface area contributed by atoms with Crippen LogP contribution in [0.4, 0.5) is 4.79 Å². The smallest absolute Gasteiger partial charge is 0.326 e. The number of nitrogens with two attached hydrogens (primary N) is 2. The first-order chi connectivity index (χ1) is 9.81. The number of nitrogens with one attached hydrogen (secondary N) is 1. The first kappa shape index (κ1) is 16.7. The zero-order valence-corrected chi connectivity index (χ0v) is 11.6. The van der Waals surface area contributed by atoms with E-state index in [4.69, 9.17) is 16.6 Å². The van der Waals surface area contributed by atoms with Crippen molar-refractivity contribution in [1.82, 2.24) is 10.2 Å². The molecule has 1 saturated heterocycles. The lowest BCUT2D eigenvalue weighted by molar-refractivity contribution is -0.139. The van der Waals surface area contributed by atoms with Gasteiger partial charge in [0.15, 0.2) is 0 Å². The molecule has 0 radical (unpaired) electrons. The molecule has 1 aliphatic heterocycles. The number of nitrogens with zero attached hydrogens (tertiary/aromatic N) is 1. The summed E-state index contributed by atoms with van der Waals surface area (Å²) in [7, 11) is 0. The SMILES string of the molecule is NC(=O)CCC(NC(=O)N1CCC(C(N)=O)CC1)C(=O)O.